The van der Waals surface area contributed by atoms with Crippen LogP contribution in [0.2, 0.25) is 0 Å². The van der Waals surface area contributed by atoms with Crippen LogP contribution in [0.25, 0.3) is 6.08 Å². The molecular formula is C22H33N3O. The fourth-order valence-corrected chi connectivity index (χ4v) is 3.97. The zero-order valence-electron chi connectivity index (χ0n) is 16.1. The molecule has 1 aliphatic heterocycles. The van der Waals surface area contributed by atoms with Crippen LogP contribution in [0.5, 0.6) is 0 Å². The normalized spacial score (nSPS) is 21.7. The number of nitrogens with zero attached hydrogens (tertiary/aromatic N) is 2. The first-order valence-electron chi connectivity index (χ1n) is 10.2. The van der Waals surface area contributed by atoms with Gasteiger partial charge < -0.3 is 5.32 Å². The summed E-state index contributed by atoms with van der Waals surface area (Å²) in [6, 6.07) is 10.8. The van der Waals surface area contributed by atoms with Crippen LogP contribution in [0.3, 0.4) is 0 Å². The fourth-order valence-electron chi connectivity index (χ4n) is 3.97. The summed E-state index contributed by atoms with van der Waals surface area (Å²) in [4.78, 5) is 17.3. The maximum atomic E-state index is 12.5. The van der Waals surface area contributed by atoms with Gasteiger partial charge in [0.15, 0.2) is 0 Å². The summed E-state index contributed by atoms with van der Waals surface area (Å²) in [5, 5.41) is 3.27. The molecule has 0 aromatic heterocycles. The predicted molar refractivity (Wildman–Crippen MR) is 108 cm³/mol. The third kappa shape index (κ3) is 5.68. The van der Waals surface area contributed by atoms with E-state index in [1.54, 1.807) is 0 Å². The lowest BCUT2D eigenvalue weighted by molar-refractivity contribution is -0.127. The van der Waals surface area contributed by atoms with Crippen molar-refractivity contribution in [2.24, 2.45) is 0 Å². The molecule has 3 rings (SSSR count). The van der Waals surface area contributed by atoms with Gasteiger partial charge in [-0.3, -0.25) is 14.6 Å². The molecule has 0 unspecified atom stereocenters. The van der Waals surface area contributed by atoms with Crippen LogP contribution in [0, 0.1) is 0 Å². The molecule has 1 heterocycles. The number of benzene rings is 1. The molecule has 1 saturated heterocycles. The highest BCUT2D eigenvalue weighted by Crippen LogP contribution is 2.18. The van der Waals surface area contributed by atoms with E-state index in [9.17, 15) is 4.79 Å². The largest absolute Gasteiger partial charge is 0.352 e. The van der Waals surface area contributed by atoms with Crippen LogP contribution in [-0.2, 0) is 4.79 Å². The van der Waals surface area contributed by atoms with E-state index in [0.29, 0.717) is 6.04 Å². The van der Waals surface area contributed by atoms with Gasteiger partial charge in [-0.05, 0) is 25.3 Å². The van der Waals surface area contributed by atoms with Gasteiger partial charge in [0.05, 0.1) is 6.04 Å². The highest BCUT2D eigenvalue weighted by Gasteiger charge is 2.26. The van der Waals surface area contributed by atoms with E-state index in [1.807, 2.05) is 6.07 Å². The van der Waals surface area contributed by atoms with Crippen molar-refractivity contribution in [2.75, 3.05) is 32.7 Å². The summed E-state index contributed by atoms with van der Waals surface area (Å²) in [5.74, 6) is 0.217. The molecule has 4 nitrogen and oxygen atoms in total. The van der Waals surface area contributed by atoms with Crippen molar-refractivity contribution in [1.29, 1.82) is 0 Å². The molecular weight excluding hydrogens is 322 g/mol. The molecule has 1 N–H and O–H groups in total. The minimum atomic E-state index is -0.0149. The molecule has 1 aromatic rings. The number of carbonyl (C=O) groups is 1. The lowest BCUT2D eigenvalue weighted by Crippen LogP contribution is -2.55. The Kier molecular flexibility index (Phi) is 7.27. The first kappa shape index (κ1) is 19.1. The number of amides is 1. The van der Waals surface area contributed by atoms with Crippen molar-refractivity contribution >= 4 is 12.0 Å². The van der Waals surface area contributed by atoms with E-state index in [0.717, 1.165) is 45.6 Å². The summed E-state index contributed by atoms with van der Waals surface area (Å²) in [7, 11) is 0. The number of nitrogens with one attached hydrogen (secondary N) is 1. The fraction of sp³-hybridized carbons (Fsp3) is 0.591. The molecule has 1 atom stereocenters. The number of rotatable bonds is 6. The molecule has 1 amide bonds. The Morgan fingerprint density at radius 2 is 1.81 bits per heavy atom. The first-order chi connectivity index (χ1) is 12.7. The average molecular weight is 356 g/mol. The standard InChI is InChI=1S/C22H33N3O/c1-19(22(26)23-21-12-6-3-7-13-21)25-17-15-24(16-18-25)14-8-11-20-9-4-2-5-10-20/h2,4-5,8-11,19,21H,3,6-7,12-18H2,1H3,(H,23,26)/b11-8+/t19-/m1/s1. The minimum absolute atomic E-state index is 0.0149. The highest BCUT2D eigenvalue weighted by atomic mass is 16.2. The zero-order chi connectivity index (χ0) is 18.2. The molecule has 26 heavy (non-hydrogen) atoms. The van der Waals surface area contributed by atoms with E-state index in [1.165, 1.54) is 24.8 Å². The Morgan fingerprint density at radius 1 is 1.12 bits per heavy atom. The molecule has 1 saturated carbocycles. The molecule has 0 spiro atoms. The molecule has 2 fully saturated rings. The van der Waals surface area contributed by atoms with Gasteiger partial charge in [-0.25, -0.2) is 0 Å². The third-order valence-corrected chi connectivity index (χ3v) is 5.76. The number of piperazine rings is 1. The second-order valence-electron chi connectivity index (χ2n) is 7.67. The Labute approximate surface area is 158 Å². The van der Waals surface area contributed by atoms with Gasteiger partial charge in [0.2, 0.25) is 5.91 Å². The second kappa shape index (κ2) is 9.89. The van der Waals surface area contributed by atoms with E-state index < -0.39 is 0 Å². The van der Waals surface area contributed by atoms with E-state index >= 15 is 0 Å². The Morgan fingerprint density at radius 3 is 2.50 bits per heavy atom. The van der Waals surface area contributed by atoms with Crippen LogP contribution < -0.4 is 5.32 Å². The zero-order valence-corrected chi connectivity index (χ0v) is 16.1. The monoisotopic (exact) mass is 355 g/mol. The van der Waals surface area contributed by atoms with Crippen LogP contribution in [0.1, 0.15) is 44.6 Å². The molecule has 0 radical (unpaired) electrons. The van der Waals surface area contributed by atoms with E-state index in [-0.39, 0.29) is 11.9 Å². The first-order valence-corrected chi connectivity index (χ1v) is 10.2. The Balaban J connectivity index is 1.38. The van der Waals surface area contributed by atoms with Crippen LogP contribution in [0.4, 0.5) is 0 Å². The SMILES string of the molecule is C[C@H](C(=O)NC1CCCCC1)N1CCN(C/C=C/c2ccccc2)CC1. The van der Waals surface area contributed by atoms with Crippen molar-refractivity contribution in [3.8, 4) is 0 Å². The smallest absolute Gasteiger partial charge is 0.237 e. The third-order valence-electron chi connectivity index (χ3n) is 5.76. The van der Waals surface area contributed by atoms with Crippen molar-refractivity contribution < 1.29 is 4.79 Å². The van der Waals surface area contributed by atoms with Gasteiger partial charge in [0.1, 0.15) is 0 Å². The van der Waals surface area contributed by atoms with Gasteiger partial charge in [-0.15, -0.1) is 0 Å². The van der Waals surface area contributed by atoms with Crippen LogP contribution >= 0.6 is 0 Å². The molecule has 2 aliphatic rings. The van der Waals surface area contributed by atoms with Gasteiger partial charge >= 0.3 is 0 Å². The lowest BCUT2D eigenvalue weighted by atomic mass is 9.95. The molecule has 0 bridgehead atoms. The second-order valence-corrected chi connectivity index (χ2v) is 7.67. The topological polar surface area (TPSA) is 35.6 Å². The lowest BCUT2D eigenvalue weighted by Gasteiger charge is -2.37. The van der Waals surface area contributed by atoms with Crippen LogP contribution in [-0.4, -0.2) is 60.5 Å². The van der Waals surface area contributed by atoms with Crippen molar-refractivity contribution in [2.45, 2.75) is 51.1 Å². The predicted octanol–water partition coefficient (Wildman–Crippen LogP) is 3.15. The summed E-state index contributed by atoms with van der Waals surface area (Å²) < 4.78 is 0. The summed E-state index contributed by atoms with van der Waals surface area (Å²) in [5.41, 5.74) is 1.25. The summed E-state index contributed by atoms with van der Waals surface area (Å²) >= 11 is 0. The van der Waals surface area contributed by atoms with Crippen LogP contribution in [0.15, 0.2) is 36.4 Å². The molecule has 142 valence electrons. The maximum Gasteiger partial charge on any atom is 0.237 e. The van der Waals surface area contributed by atoms with Gasteiger partial charge in [-0.2, -0.15) is 0 Å². The average Bonchev–Trinajstić information content (AvgIpc) is 2.69. The van der Waals surface area contributed by atoms with E-state index in [2.05, 4.69) is 58.5 Å². The Hall–Kier alpha value is -1.65. The van der Waals surface area contributed by atoms with Crippen molar-refractivity contribution in [3.63, 3.8) is 0 Å². The van der Waals surface area contributed by atoms with Crippen molar-refractivity contribution in [1.82, 2.24) is 15.1 Å². The number of carbonyl (C=O) groups excluding carboxylic acids is 1. The van der Waals surface area contributed by atoms with Gasteiger partial charge in [0.25, 0.3) is 0 Å². The van der Waals surface area contributed by atoms with Gasteiger partial charge in [0, 0.05) is 38.8 Å². The molecule has 1 aromatic carbocycles. The number of hydrogen-bond acceptors (Lipinski definition) is 3. The summed E-state index contributed by atoms with van der Waals surface area (Å²) in [6.07, 6.45) is 10.6. The molecule has 1 aliphatic carbocycles. The minimum Gasteiger partial charge on any atom is -0.352 e. The number of hydrogen-bond donors (Lipinski definition) is 1. The van der Waals surface area contributed by atoms with Crippen molar-refractivity contribution in [3.05, 3.63) is 42.0 Å². The molecule has 4 heteroatoms. The highest BCUT2D eigenvalue weighted by molar-refractivity contribution is 5.81. The quantitative estimate of drug-likeness (QED) is 0.851. The maximum absolute atomic E-state index is 12.5. The Bertz CT molecular complexity index is 572. The van der Waals surface area contributed by atoms with E-state index in [4.69, 9.17) is 0 Å². The van der Waals surface area contributed by atoms with Gasteiger partial charge in [-0.1, -0.05) is 61.7 Å². The summed E-state index contributed by atoms with van der Waals surface area (Å²) in [6.45, 7) is 7.03.